The number of rotatable bonds is 8. The fraction of sp³-hybridized carbons (Fsp3) is 0.438. The molecule has 3 aromatic rings. The topological polar surface area (TPSA) is 38.5 Å². The lowest BCUT2D eigenvalue weighted by Gasteiger charge is -2.25. The summed E-state index contributed by atoms with van der Waals surface area (Å²) >= 11 is 0. The first-order valence-corrected chi connectivity index (χ1v) is 13.1. The Morgan fingerprint density at radius 2 is 1.40 bits per heavy atom. The molecule has 35 heavy (non-hydrogen) atoms. The van der Waals surface area contributed by atoms with Gasteiger partial charge in [0.25, 0.3) is 0 Å². The molecule has 0 amide bonds. The molecule has 3 nitrogen and oxygen atoms in total. The van der Waals surface area contributed by atoms with Crippen molar-refractivity contribution in [1.82, 2.24) is 4.90 Å². The second kappa shape index (κ2) is 10.6. The average molecular weight is 471 g/mol. The molecule has 4 rings (SSSR count). The largest absolute Gasteiger partial charge is 0.493 e. The molecule has 1 heterocycles. The Balaban J connectivity index is 1.51. The quantitative estimate of drug-likeness (QED) is 0.347. The minimum atomic E-state index is -0.335. The van der Waals surface area contributed by atoms with Crippen molar-refractivity contribution in [2.45, 2.75) is 78.4 Å². The molecular formula is C32H42N2O. The van der Waals surface area contributed by atoms with Crippen LogP contribution in [-0.2, 0) is 5.54 Å². The number of ether oxygens (including phenoxy) is 1. The smallest absolute Gasteiger partial charge is 0.122 e. The van der Waals surface area contributed by atoms with Crippen molar-refractivity contribution < 1.29 is 4.74 Å². The van der Waals surface area contributed by atoms with Crippen LogP contribution < -0.4 is 10.5 Å². The van der Waals surface area contributed by atoms with E-state index >= 15 is 0 Å². The van der Waals surface area contributed by atoms with Gasteiger partial charge in [0.15, 0.2) is 0 Å². The number of nitrogens with two attached hydrogens (primary N) is 1. The van der Waals surface area contributed by atoms with Gasteiger partial charge in [0.1, 0.15) is 5.75 Å². The molecule has 0 bridgehead atoms. The average Bonchev–Trinajstić information content (AvgIpc) is 3.15. The van der Waals surface area contributed by atoms with Crippen LogP contribution in [0.4, 0.5) is 0 Å². The van der Waals surface area contributed by atoms with E-state index in [9.17, 15) is 0 Å². The zero-order chi connectivity index (χ0) is 25.2. The summed E-state index contributed by atoms with van der Waals surface area (Å²) in [6.07, 6.45) is 3.69. The molecule has 3 aromatic carbocycles. The minimum absolute atomic E-state index is 0.335. The van der Waals surface area contributed by atoms with Gasteiger partial charge in [-0.05, 0) is 106 Å². The summed E-state index contributed by atoms with van der Waals surface area (Å²) in [6, 6.07) is 23.1. The van der Waals surface area contributed by atoms with Gasteiger partial charge in [0.2, 0.25) is 0 Å². The molecule has 3 heteroatoms. The van der Waals surface area contributed by atoms with Gasteiger partial charge in [0.05, 0.1) is 6.61 Å². The first kappa shape index (κ1) is 25.5. The van der Waals surface area contributed by atoms with Crippen LogP contribution in [0.5, 0.6) is 5.75 Å². The highest BCUT2D eigenvalue weighted by atomic mass is 16.5. The predicted octanol–water partition coefficient (Wildman–Crippen LogP) is 7.47. The van der Waals surface area contributed by atoms with E-state index in [1.165, 1.54) is 46.2 Å². The Labute approximate surface area is 212 Å². The molecule has 2 atom stereocenters. The molecular weight excluding hydrogens is 428 g/mol. The molecule has 1 aliphatic heterocycles. The van der Waals surface area contributed by atoms with Gasteiger partial charge in [-0.25, -0.2) is 0 Å². The van der Waals surface area contributed by atoms with Crippen LogP contribution in [0, 0.1) is 13.8 Å². The molecule has 1 fully saturated rings. The maximum atomic E-state index is 6.29. The number of nitrogens with zero attached hydrogens (tertiary/aromatic N) is 1. The maximum absolute atomic E-state index is 6.29. The predicted molar refractivity (Wildman–Crippen MR) is 149 cm³/mol. The van der Waals surface area contributed by atoms with E-state index in [0.717, 1.165) is 30.9 Å². The lowest BCUT2D eigenvalue weighted by atomic mass is 9.89. The summed E-state index contributed by atoms with van der Waals surface area (Å²) in [5, 5.41) is 0. The maximum Gasteiger partial charge on any atom is 0.122 e. The van der Waals surface area contributed by atoms with Crippen molar-refractivity contribution in [2.75, 3.05) is 13.2 Å². The van der Waals surface area contributed by atoms with Crippen molar-refractivity contribution in [2.24, 2.45) is 5.73 Å². The Hall–Kier alpha value is -2.62. The van der Waals surface area contributed by atoms with E-state index in [2.05, 4.69) is 93.3 Å². The summed E-state index contributed by atoms with van der Waals surface area (Å²) in [5.41, 5.74) is 14.5. The van der Waals surface area contributed by atoms with Gasteiger partial charge >= 0.3 is 0 Å². The fourth-order valence-electron chi connectivity index (χ4n) is 5.50. The molecule has 0 spiro atoms. The highest BCUT2D eigenvalue weighted by Crippen LogP contribution is 2.36. The fourth-order valence-corrected chi connectivity index (χ4v) is 5.50. The highest BCUT2D eigenvalue weighted by Gasteiger charge is 2.26. The number of likely N-dealkylation sites (tertiary alicyclic amines) is 1. The molecule has 0 radical (unpaired) electrons. The van der Waals surface area contributed by atoms with Gasteiger partial charge in [0, 0.05) is 24.2 Å². The highest BCUT2D eigenvalue weighted by molar-refractivity contribution is 5.80. The van der Waals surface area contributed by atoms with Crippen molar-refractivity contribution in [3.8, 4) is 28.0 Å². The Morgan fingerprint density at radius 1 is 0.829 bits per heavy atom. The third kappa shape index (κ3) is 5.63. The molecule has 0 aliphatic carbocycles. The summed E-state index contributed by atoms with van der Waals surface area (Å²) in [5.74, 6) is 0.990. The molecule has 1 saturated heterocycles. The van der Waals surface area contributed by atoms with E-state index in [0.29, 0.717) is 12.1 Å². The molecule has 1 aliphatic rings. The van der Waals surface area contributed by atoms with E-state index < -0.39 is 0 Å². The number of hydrogen-bond acceptors (Lipinski definition) is 3. The Morgan fingerprint density at radius 3 is 2.03 bits per heavy atom. The van der Waals surface area contributed by atoms with Gasteiger partial charge in [-0.3, -0.25) is 4.90 Å². The van der Waals surface area contributed by atoms with Crippen LogP contribution in [0.15, 0.2) is 60.7 Å². The van der Waals surface area contributed by atoms with Crippen molar-refractivity contribution in [1.29, 1.82) is 0 Å². The summed E-state index contributed by atoms with van der Waals surface area (Å²) in [4.78, 5) is 2.63. The SMILES string of the molecule is Cc1c(OCCCN2[C@H](C)CC[C@H]2C)cccc1-c1cccc(-c2ccc(C(C)(C)N)cc2)c1C. The van der Waals surface area contributed by atoms with Gasteiger partial charge in [-0.1, -0.05) is 54.6 Å². The Kier molecular flexibility index (Phi) is 7.68. The lowest BCUT2D eigenvalue weighted by molar-refractivity contribution is 0.191. The Bertz CT molecular complexity index is 1130. The van der Waals surface area contributed by atoms with Crippen LogP contribution in [0.2, 0.25) is 0 Å². The second-order valence-corrected chi connectivity index (χ2v) is 10.9. The molecule has 0 unspecified atom stereocenters. The van der Waals surface area contributed by atoms with Gasteiger partial charge in [-0.2, -0.15) is 0 Å². The molecule has 0 aromatic heterocycles. The first-order chi connectivity index (χ1) is 16.7. The van der Waals surface area contributed by atoms with Crippen LogP contribution in [0.1, 0.15) is 63.6 Å². The van der Waals surface area contributed by atoms with Crippen molar-refractivity contribution >= 4 is 0 Å². The first-order valence-electron chi connectivity index (χ1n) is 13.1. The zero-order valence-electron chi connectivity index (χ0n) is 22.4. The van der Waals surface area contributed by atoms with E-state index in [1.807, 2.05) is 13.8 Å². The van der Waals surface area contributed by atoms with Gasteiger partial charge < -0.3 is 10.5 Å². The lowest BCUT2D eigenvalue weighted by Crippen LogP contribution is -2.34. The van der Waals surface area contributed by atoms with Crippen molar-refractivity contribution in [3.63, 3.8) is 0 Å². The number of benzene rings is 3. The summed E-state index contributed by atoms with van der Waals surface area (Å²) < 4.78 is 6.29. The molecule has 186 valence electrons. The molecule has 0 saturated carbocycles. The zero-order valence-corrected chi connectivity index (χ0v) is 22.4. The van der Waals surface area contributed by atoms with E-state index in [1.54, 1.807) is 0 Å². The summed E-state index contributed by atoms with van der Waals surface area (Å²) in [7, 11) is 0. The second-order valence-electron chi connectivity index (χ2n) is 10.9. The minimum Gasteiger partial charge on any atom is -0.493 e. The van der Waals surface area contributed by atoms with Gasteiger partial charge in [-0.15, -0.1) is 0 Å². The number of hydrogen-bond donors (Lipinski definition) is 1. The van der Waals surface area contributed by atoms with Crippen LogP contribution in [-0.4, -0.2) is 30.1 Å². The monoisotopic (exact) mass is 470 g/mol. The van der Waals surface area contributed by atoms with Crippen LogP contribution in [0.3, 0.4) is 0 Å². The van der Waals surface area contributed by atoms with Crippen molar-refractivity contribution in [3.05, 3.63) is 77.4 Å². The third-order valence-corrected chi connectivity index (χ3v) is 7.80. The molecule has 2 N–H and O–H groups in total. The van der Waals surface area contributed by atoms with Crippen LogP contribution in [0.25, 0.3) is 22.3 Å². The normalized spacial score (nSPS) is 18.7. The van der Waals surface area contributed by atoms with E-state index in [4.69, 9.17) is 10.5 Å². The van der Waals surface area contributed by atoms with Crippen LogP contribution >= 0.6 is 0 Å². The third-order valence-electron chi connectivity index (χ3n) is 7.80. The van der Waals surface area contributed by atoms with E-state index in [-0.39, 0.29) is 5.54 Å². The standard InChI is InChI=1S/C32H42N2O/c1-22-14-15-23(2)34(22)20-9-21-35-31-13-8-12-30(25(31)4)29-11-7-10-28(24(29)3)26-16-18-27(19-17-26)32(5,6)33/h7-8,10-13,16-19,22-23H,9,14-15,20-21,33H2,1-6H3/t22-,23-/m1/s1. The summed E-state index contributed by atoms with van der Waals surface area (Å²) in [6.45, 7) is 15.0.